The summed E-state index contributed by atoms with van der Waals surface area (Å²) in [6, 6.07) is 17.0. The van der Waals surface area contributed by atoms with E-state index in [0.717, 1.165) is 22.4 Å². The number of para-hydroxylation sites is 2. The lowest BCUT2D eigenvalue weighted by Gasteiger charge is -2.07. The van der Waals surface area contributed by atoms with Gasteiger partial charge in [0.25, 0.3) is 0 Å². The molecule has 6 aromatic rings. The second kappa shape index (κ2) is 5.69. The minimum Gasteiger partial charge on any atom is -0.243 e. The Hall–Kier alpha value is -2.12. The van der Waals surface area contributed by atoms with Gasteiger partial charge < -0.3 is 0 Å². The van der Waals surface area contributed by atoms with E-state index in [1.165, 1.54) is 28.6 Å². The first-order valence-electron chi connectivity index (χ1n) is 8.07. The van der Waals surface area contributed by atoms with Gasteiger partial charge in [0.2, 0.25) is 0 Å². The first-order chi connectivity index (χ1) is 12.8. The van der Waals surface area contributed by atoms with Crippen molar-refractivity contribution in [2.24, 2.45) is 0 Å². The molecule has 5 heterocycles. The molecule has 1 aromatic carbocycles. The molecule has 0 saturated heterocycles. The molecule has 6 heteroatoms. The molecule has 124 valence electrons. The van der Waals surface area contributed by atoms with E-state index in [1.54, 1.807) is 45.3 Å². The van der Waals surface area contributed by atoms with Crippen molar-refractivity contribution >= 4 is 75.2 Å². The molecular weight excluding hydrogens is 397 g/mol. The second-order valence-electron chi connectivity index (χ2n) is 5.96. The number of hydrogen-bond donors (Lipinski definition) is 0. The van der Waals surface area contributed by atoms with Crippen molar-refractivity contribution < 1.29 is 0 Å². The summed E-state index contributed by atoms with van der Waals surface area (Å²) in [5.41, 5.74) is 3.87. The molecule has 6 rings (SSSR count). The van der Waals surface area contributed by atoms with E-state index in [9.17, 15) is 0 Å². The van der Waals surface area contributed by atoms with Crippen molar-refractivity contribution in [3.63, 3.8) is 0 Å². The molecular formula is C20H10N2S4. The molecule has 0 unspecified atom stereocenters. The van der Waals surface area contributed by atoms with Crippen LogP contribution in [0.4, 0.5) is 0 Å². The van der Waals surface area contributed by atoms with Crippen molar-refractivity contribution in [1.82, 2.24) is 9.97 Å². The zero-order chi connectivity index (χ0) is 17.1. The van der Waals surface area contributed by atoms with E-state index in [4.69, 9.17) is 9.97 Å². The van der Waals surface area contributed by atoms with E-state index in [1.807, 2.05) is 24.3 Å². The lowest BCUT2D eigenvalue weighted by Crippen LogP contribution is -1.92. The highest BCUT2D eigenvalue weighted by molar-refractivity contribution is 7.39. The highest BCUT2D eigenvalue weighted by Gasteiger charge is 2.18. The van der Waals surface area contributed by atoms with Crippen LogP contribution in [0.15, 0.2) is 59.3 Å². The van der Waals surface area contributed by atoms with E-state index >= 15 is 0 Å². The van der Waals surface area contributed by atoms with Crippen molar-refractivity contribution in [3.8, 4) is 21.1 Å². The van der Waals surface area contributed by atoms with Crippen molar-refractivity contribution in [2.45, 2.75) is 0 Å². The average Bonchev–Trinajstić information content (AvgIpc) is 3.39. The summed E-state index contributed by atoms with van der Waals surface area (Å²) < 4.78 is 2.68. The lowest BCUT2D eigenvalue weighted by molar-refractivity contribution is 1.31. The maximum absolute atomic E-state index is 5.01. The molecule has 0 spiro atoms. The predicted molar refractivity (Wildman–Crippen MR) is 117 cm³/mol. The molecule has 0 radical (unpaired) electrons. The zero-order valence-electron chi connectivity index (χ0n) is 13.3. The van der Waals surface area contributed by atoms with Gasteiger partial charge >= 0.3 is 0 Å². The Morgan fingerprint density at radius 2 is 1.12 bits per heavy atom. The number of benzene rings is 1. The third kappa shape index (κ3) is 2.27. The third-order valence-electron chi connectivity index (χ3n) is 4.33. The molecule has 0 amide bonds. The van der Waals surface area contributed by atoms with Crippen LogP contribution < -0.4 is 0 Å². The summed E-state index contributed by atoms with van der Waals surface area (Å²) in [5.74, 6) is 0. The van der Waals surface area contributed by atoms with Crippen LogP contribution in [0.1, 0.15) is 0 Å². The van der Waals surface area contributed by atoms with Crippen LogP contribution in [0.5, 0.6) is 0 Å². The summed E-state index contributed by atoms with van der Waals surface area (Å²) in [7, 11) is 0. The summed E-state index contributed by atoms with van der Waals surface area (Å²) in [6.45, 7) is 0. The van der Waals surface area contributed by atoms with Crippen molar-refractivity contribution in [2.75, 3.05) is 0 Å². The van der Waals surface area contributed by atoms with Crippen LogP contribution in [0.2, 0.25) is 0 Å². The number of nitrogens with zero attached hydrogens (tertiary/aromatic N) is 2. The highest BCUT2D eigenvalue weighted by atomic mass is 32.2. The van der Waals surface area contributed by atoms with Crippen LogP contribution in [0, 0.1) is 0 Å². The molecule has 26 heavy (non-hydrogen) atoms. The molecule has 0 atom stereocenters. The zero-order valence-corrected chi connectivity index (χ0v) is 16.6. The largest absolute Gasteiger partial charge is 0.243 e. The summed E-state index contributed by atoms with van der Waals surface area (Å²) in [5, 5.41) is 6.88. The van der Waals surface area contributed by atoms with Gasteiger partial charge in [-0.15, -0.1) is 45.3 Å². The van der Waals surface area contributed by atoms with E-state index < -0.39 is 0 Å². The lowest BCUT2D eigenvalue weighted by atomic mass is 10.2. The molecule has 0 saturated carbocycles. The van der Waals surface area contributed by atoms with Crippen LogP contribution in [0.25, 0.3) is 51.0 Å². The van der Waals surface area contributed by atoms with Crippen LogP contribution in [0.3, 0.4) is 0 Å². The number of hydrogen-bond acceptors (Lipinski definition) is 6. The van der Waals surface area contributed by atoms with Gasteiger partial charge in [0, 0.05) is 10.8 Å². The minimum atomic E-state index is 0.946. The van der Waals surface area contributed by atoms with Gasteiger partial charge in [0.15, 0.2) is 0 Å². The Labute approximate surface area is 165 Å². The van der Waals surface area contributed by atoms with E-state index in [0.29, 0.717) is 0 Å². The Morgan fingerprint density at radius 3 is 1.58 bits per heavy atom. The van der Waals surface area contributed by atoms with Gasteiger partial charge in [-0.2, -0.15) is 0 Å². The standard InChI is InChI=1S/C20H10N2S4/c1-2-4-14-13(3-1)21-17(15-9-11-5-7-23-19(11)25-15)18(22-14)16-10-12-6-8-24-20(12)26-16/h1-10H. The van der Waals surface area contributed by atoms with Gasteiger partial charge in [-0.25, -0.2) is 9.97 Å². The Bertz CT molecular complexity index is 1240. The fraction of sp³-hybridized carbons (Fsp3) is 0. The second-order valence-corrected chi connectivity index (χ2v) is 10.4. The van der Waals surface area contributed by atoms with Crippen LogP contribution in [-0.2, 0) is 0 Å². The number of thiophene rings is 4. The topological polar surface area (TPSA) is 25.8 Å². The summed E-state index contributed by atoms with van der Waals surface area (Å²) in [4.78, 5) is 12.4. The molecule has 0 aliphatic heterocycles. The van der Waals surface area contributed by atoms with Gasteiger partial charge in [-0.1, -0.05) is 12.1 Å². The van der Waals surface area contributed by atoms with Gasteiger partial charge in [0.05, 0.1) is 28.8 Å². The maximum Gasteiger partial charge on any atom is 0.108 e. The fourth-order valence-corrected chi connectivity index (χ4v) is 7.31. The maximum atomic E-state index is 5.01. The Balaban J connectivity index is 1.67. The minimum absolute atomic E-state index is 0.946. The molecule has 2 nitrogen and oxygen atoms in total. The molecule has 0 N–H and O–H groups in total. The quantitative estimate of drug-likeness (QED) is 0.297. The molecule has 0 bridgehead atoms. The number of aromatic nitrogens is 2. The first kappa shape index (κ1) is 15.0. The fourth-order valence-electron chi connectivity index (χ4n) is 3.11. The molecule has 0 fully saturated rings. The Kier molecular flexibility index (Phi) is 3.28. The van der Waals surface area contributed by atoms with Gasteiger partial charge in [-0.3, -0.25) is 0 Å². The van der Waals surface area contributed by atoms with Gasteiger partial charge in [0.1, 0.15) is 11.4 Å². The monoisotopic (exact) mass is 406 g/mol. The predicted octanol–water partition coefficient (Wildman–Crippen LogP) is 7.52. The highest BCUT2D eigenvalue weighted by Crippen LogP contribution is 2.43. The van der Waals surface area contributed by atoms with E-state index in [-0.39, 0.29) is 0 Å². The van der Waals surface area contributed by atoms with Crippen molar-refractivity contribution in [1.29, 1.82) is 0 Å². The average molecular weight is 407 g/mol. The number of rotatable bonds is 2. The molecule has 0 aliphatic rings. The number of fused-ring (bicyclic) bond motifs is 3. The summed E-state index contributed by atoms with van der Waals surface area (Å²) in [6.07, 6.45) is 0. The van der Waals surface area contributed by atoms with Crippen molar-refractivity contribution in [3.05, 3.63) is 59.3 Å². The van der Waals surface area contributed by atoms with Crippen LogP contribution >= 0.6 is 45.3 Å². The third-order valence-corrected chi connectivity index (χ3v) is 8.76. The first-order valence-corrected chi connectivity index (χ1v) is 11.5. The normalized spacial score (nSPS) is 11.8. The molecule has 0 aliphatic carbocycles. The van der Waals surface area contributed by atoms with Crippen LogP contribution in [-0.4, -0.2) is 9.97 Å². The molecule has 5 aromatic heterocycles. The summed E-state index contributed by atoms with van der Waals surface area (Å²) >= 11 is 7.19. The SMILES string of the molecule is c1ccc2nc(-c3cc4ccsc4s3)c(-c3cc4ccsc4s3)nc2c1. The van der Waals surface area contributed by atoms with Gasteiger partial charge in [-0.05, 0) is 47.2 Å². The Morgan fingerprint density at radius 1 is 0.615 bits per heavy atom. The van der Waals surface area contributed by atoms with E-state index in [2.05, 4.69) is 35.0 Å². The smallest absolute Gasteiger partial charge is 0.108 e.